The van der Waals surface area contributed by atoms with Crippen LogP contribution >= 0.6 is 0 Å². The topological polar surface area (TPSA) is 26.0 Å². The Kier molecular flexibility index (Phi) is 3.80. The molecule has 2 heteroatoms. The summed E-state index contributed by atoms with van der Waals surface area (Å²) in [5.41, 5.74) is 4.43. The summed E-state index contributed by atoms with van der Waals surface area (Å²) < 4.78 is 6.48. The molecule has 0 saturated heterocycles. The molecule has 5 aromatic rings. The van der Waals surface area contributed by atoms with E-state index in [1.807, 2.05) is 42.7 Å². The molecule has 0 amide bonds. The maximum atomic E-state index is 6.48. The van der Waals surface area contributed by atoms with Crippen LogP contribution in [0.25, 0.3) is 44.5 Å². The van der Waals surface area contributed by atoms with Crippen LogP contribution in [0, 0.1) is 0 Å². The van der Waals surface area contributed by atoms with Crippen molar-refractivity contribution in [3.63, 3.8) is 0 Å². The number of rotatable bonds is 3. The monoisotopic (exact) mass is 347 g/mol. The number of benzene rings is 3. The summed E-state index contributed by atoms with van der Waals surface area (Å²) in [5, 5.41) is 2.25. The van der Waals surface area contributed by atoms with Crippen molar-refractivity contribution in [3.8, 4) is 33.8 Å². The molecule has 0 radical (unpaired) electrons. The van der Waals surface area contributed by atoms with Crippen molar-refractivity contribution in [2.75, 3.05) is 0 Å². The molecule has 27 heavy (non-hydrogen) atoms. The molecule has 3 aromatic carbocycles. The quantitative estimate of drug-likeness (QED) is 0.357. The second-order valence-corrected chi connectivity index (χ2v) is 6.45. The van der Waals surface area contributed by atoms with Crippen LogP contribution in [0.15, 0.2) is 108 Å². The minimum Gasteiger partial charge on any atom is -0.455 e. The van der Waals surface area contributed by atoms with Crippen molar-refractivity contribution >= 4 is 10.8 Å². The predicted octanol–water partition coefficient (Wildman–Crippen LogP) is 6.83. The third-order valence-electron chi connectivity index (χ3n) is 4.82. The molecule has 2 aromatic heterocycles. The molecular weight excluding hydrogens is 330 g/mol. The number of hydrogen-bond acceptors (Lipinski definition) is 2. The van der Waals surface area contributed by atoms with Gasteiger partial charge in [0, 0.05) is 34.3 Å². The van der Waals surface area contributed by atoms with Gasteiger partial charge in [-0.1, -0.05) is 78.9 Å². The van der Waals surface area contributed by atoms with Gasteiger partial charge in [-0.2, -0.15) is 0 Å². The van der Waals surface area contributed by atoms with Crippen molar-refractivity contribution in [3.05, 3.63) is 103 Å². The maximum absolute atomic E-state index is 6.48. The van der Waals surface area contributed by atoms with Crippen LogP contribution < -0.4 is 0 Å². The van der Waals surface area contributed by atoms with Gasteiger partial charge in [-0.15, -0.1) is 0 Å². The predicted molar refractivity (Wildman–Crippen MR) is 110 cm³/mol. The summed E-state index contributed by atoms with van der Waals surface area (Å²) in [7, 11) is 0. The Hall–Kier alpha value is -3.65. The molecule has 0 N–H and O–H groups in total. The highest BCUT2D eigenvalue weighted by Gasteiger charge is 2.18. The largest absolute Gasteiger partial charge is 0.455 e. The van der Waals surface area contributed by atoms with Gasteiger partial charge in [0.2, 0.25) is 0 Å². The summed E-state index contributed by atoms with van der Waals surface area (Å²) in [4.78, 5) is 4.14. The molecule has 0 aliphatic rings. The first kappa shape index (κ1) is 15.6. The Morgan fingerprint density at radius 1 is 0.481 bits per heavy atom. The summed E-state index contributed by atoms with van der Waals surface area (Å²) in [5.74, 6) is 1.81. The van der Waals surface area contributed by atoms with Gasteiger partial charge in [-0.25, -0.2) is 0 Å². The lowest BCUT2D eigenvalue weighted by Crippen LogP contribution is -1.84. The van der Waals surface area contributed by atoms with E-state index in [2.05, 4.69) is 65.6 Å². The zero-order valence-corrected chi connectivity index (χ0v) is 14.7. The van der Waals surface area contributed by atoms with Crippen LogP contribution in [0.3, 0.4) is 0 Å². The number of nitrogens with zero attached hydrogens (tertiary/aromatic N) is 1. The maximum Gasteiger partial charge on any atom is 0.143 e. The zero-order valence-electron chi connectivity index (χ0n) is 14.7. The molecule has 0 atom stereocenters. The molecule has 5 rings (SSSR count). The average Bonchev–Trinajstić information content (AvgIpc) is 3.15. The highest BCUT2D eigenvalue weighted by molar-refractivity contribution is 6.04. The Balaban J connectivity index is 1.79. The third kappa shape index (κ3) is 2.72. The van der Waals surface area contributed by atoms with Gasteiger partial charge in [-0.3, -0.25) is 4.98 Å². The molecular formula is C25H17NO. The van der Waals surface area contributed by atoms with Gasteiger partial charge in [0.1, 0.15) is 11.5 Å². The fraction of sp³-hybridized carbons (Fsp3) is 0. The van der Waals surface area contributed by atoms with E-state index in [4.69, 9.17) is 4.42 Å². The molecule has 0 spiro atoms. The van der Waals surface area contributed by atoms with E-state index in [-0.39, 0.29) is 0 Å². The average molecular weight is 347 g/mol. The van der Waals surface area contributed by atoms with Gasteiger partial charge in [0.25, 0.3) is 0 Å². The summed E-state index contributed by atoms with van der Waals surface area (Å²) in [6.07, 6.45) is 3.64. The van der Waals surface area contributed by atoms with Crippen LogP contribution in [0.2, 0.25) is 0 Å². The third-order valence-corrected chi connectivity index (χ3v) is 4.82. The first-order valence-electron chi connectivity index (χ1n) is 8.98. The molecule has 0 aliphatic carbocycles. The minimum atomic E-state index is 0.900. The number of aromatic nitrogens is 1. The first-order valence-corrected chi connectivity index (χ1v) is 8.98. The highest BCUT2D eigenvalue weighted by atomic mass is 16.3. The molecule has 0 bridgehead atoms. The first-order chi connectivity index (χ1) is 13.4. The Labute approximate surface area is 157 Å². The SMILES string of the molecule is c1ccc(-c2oc(-c3ccccc3-c3ccncc3)c3ccccc23)cc1. The van der Waals surface area contributed by atoms with E-state index in [1.54, 1.807) is 0 Å². The normalized spacial score (nSPS) is 11.0. The van der Waals surface area contributed by atoms with Crippen LogP contribution in [0.1, 0.15) is 0 Å². The number of pyridine rings is 1. The van der Waals surface area contributed by atoms with E-state index in [9.17, 15) is 0 Å². The summed E-state index contributed by atoms with van der Waals surface area (Å²) >= 11 is 0. The number of furan rings is 1. The van der Waals surface area contributed by atoms with Crippen molar-refractivity contribution in [2.45, 2.75) is 0 Å². The van der Waals surface area contributed by atoms with Gasteiger partial charge < -0.3 is 4.42 Å². The van der Waals surface area contributed by atoms with Crippen LogP contribution in [-0.4, -0.2) is 4.98 Å². The molecule has 2 nitrogen and oxygen atoms in total. The van der Waals surface area contributed by atoms with Crippen LogP contribution in [0.5, 0.6) is 0 Å². The standard InChI is InChI=1S/C25H17NO/c1-2-8-19(9-3-1)24-22-12-6-7-13-23(22)25(27-24)21-11-5-4-10-20(21)18-14-16-26-17-15-18/h1-17H. The van der Waals surface area contributed by atoms with Crippen molar-refractivity contribution in [2.24, 2.45) is 0 Å². The second-order valence-electron chi connectivity index (χ2n) is 6.45. The van der Waals surface area contributed by atoms with E-state index in [1.165, 1.54) is 0 Å². The lowest BCUT2D eigenvalue weighted by atomic mass is 9.97. The van der Waals surface area contributed by atoms with Crippen molar-refractivity contribution < 1.29 is 4.42 Å². The van der Waals surface area contributed by atoms with Crippen LogP contribution in [0.4, 0.5) is 0 Å². The van der Waals surface area contributed by atoms with Crippen molar-refractivity contribution in [1.29, 1.82) is 0 Å². The smallest absolute Gasteiger partial charge is 0.143 e. The Bertz CT molecular complexity index is 1210. The molecule has 0 aliphatic heterocycles. The van der Waals surface area contributed by atoms with Gasteiger partial charge >= 0.3 is 0 Å². The molecule has 0 unspecified atom stereocenters. The van der Waals surface area contributed by atoms with Gasteiger partial charge in [-0.05, 0) is 23.3 Å². The van der Waals surface area contributed by atoms with Crippen molar-refractivity contribution in [1.82, 2.24) is 4.98 Å². The minimum absolute atomic E-state index is 0.900. The van der Waals surface area contributed by atoms with Gasteiger partial charge in [0.15, 0.2) is 0 Å². The number of fused-ring (bicyclic) bond motifs is 1. The Morgan fingerprint density at radius 2 is 1.07 bits per heavy atom. The Morgan fingerprint density at radius 3 is 1.81 bits per heavy atom. The molecule has 0 fully saturated rings. The summed E-state index contributed by atoms with van der Waals surface area (Å²) in [6.45, 7) is 0. The van der Waals surface area contributed by atoms with E-state index < -0.39 is 0 Å². The van der Waals surface area contributed by atoms with E-state index in [0.717, 1.165) is 44.5 Å². The molecule has 128 valence electrons. The fourth-order valence-corrected chi connectivity index (χ4v) is 3.56. The lowest BCUT2D eigenvalue weighted by molar-refractivity contribution is 0.602. The molecule has 0 saturated carbocycles. The van der Waals surface area contributed by atoms with E-state index >= 15 is 0 Å². The fourth-order valence-electron chi connectivity index (χ4n) is 3.56. The van der Waals surface area contributed by atoms with Gasteiger partial charge in [0.05, 0.1) is 0 Å². The zero-order chi connectivity index (χ0) is 18.1. The molecule has 2 heterocycles. The highest BCUT2D eigenvalue weighted by Crippen LogP contribution is 2.42. The second kappa shape index (κ2) is 6.58. The van der Waals surface area contributed by atoms with E-state index in [0.29, 0.717) is 0 Å². The van der Waals surface area contributed by atoms with Crippen LogP contribution in [-0.2, 0) is 0 Å². The summed E-state index contributed by atoms with van der Waals surface area (Å²) in [6, 6.07) is 31.1. The lowest BCUT2D eigenvalue weighted by Gasteiger charge is -2.08. The number of hydrogen-bond donors (Lipinski definition) is 0.